The fourth-order valence-corrected chi connectivity index (χ4v) is 7.78. The van der Waals surface area contributed by atoms with Crippen molar-refractivity contribution in [1.29, 1.82) is 0 Å². The molecule has 3 nitrogen and oxygen atoms in total. The standard InChI is InChI=1S/C52H33NO2/c1-5-15-34(16-6-1)49-50-44-29-26-36(31-46(44)41-23-13-14-24-45(41)52(50)55-51(49)35-17-7-2-8-18-35)37-25-28-42-43-30-27-40(33-48(43)54-47(42)32-37)53(38-19-9-3-10-20-38)39-21-11-4-12-22-39/h1-33H/i13D,14D,23D,24D,26D,29D,31D. The van der Waals surface area contributed by atoms with Crippen LogP contribution in [0.3, 0.4) is 0 Å². The van der Waals surface area contributed by atoms with E-state index in [0.29, 0.717) is 33.4 Å². The van der Waals surface area contributed by atoms with Gasteiger partial charge in [-0.15, -0.1) is 0 Å². The Bertz CT molecular complexity index is 3550. The Hall–Kier alpha value is -7.36. The van der Waals surface area contributed by atoms with Crippen molar-refractivity contribution >= 4 is 71.5 Å². The molecular formula is C52H33NO2. The topological polar surface area (TPSA) is 29.5 Å². The van der Waals surface area contributed by atoms with E-state index in [1.54, 1.807) is 6.07 Å². The number of hydrogen-bond acceptors (Lipinski definition) is 3. The Morgan fingerprint density at radius 2 is 1.00 bits per heavy atom. The van der Waals surface area contributed by atoms with Crippen LogP contribution in [0.25, 0.3) is 88.0 Å². The SMILES string of the molecule is [2H]c1c([2H])c([2H])c2c(c1[2H])c1oc(-c3ccccc3)c(-c3ccccc3)c1c1c([2H])c([2H])c(-c3ccc4c(c3)oc3cc(N(c5ccccc5)c5ccccc5)ccc34)c([2H])c21. The van der Waals surface area contributed by atoms with Crippen molar-refractivity contribution in [3.05, 3.63) is 200 Å². The highest BCUT2D eigenvalue weighted by molar-refractivity contribution is 6.29. The molecule has 0 saturated heterocycles. The second-order valence-corrected chi connectivity index (χ2v) is 13.5. The number of fused-ring (bicyclic) bond motifs is 9. The molecule has 3 heteroatoms. The molecule has 0 N–H and O–H groups in total. The maximum absolute atomic E-state index is 9.94. The maximum atomic E-state index is 9.94. The first-order valence-corrected chi connectivity index (χ1v) is 18.1. The second kappa shape index (κ2) is 12.6. The molecule has 2 aromatic heterocycles. The molecule has 0 aliphatic heterocycles. The van der Waals surface area contributed by atoms with Gasteiger partial charge in [-0.1, -0.05) is 139 Å². The number of para-hydroxylation sites is 2. The van der Waals surface area contributed by atoms with Gasteiger partial charge in [0.2, 0.25) is 0 Å². The Kier molecular flexibility index (Phi) is 5.70. The number of benzene rings is 9. The summed E-state index contributed by atoms with van der Waals surface area (Å²) >= 11 is 0. The molecule has 11 aromatic rings. The third-order valence-electron chi connectivity index (χ3n) is 10.3. The molecule has 0 bridgehead atoms. The number of anilines is 3. The average molecular weight is 711 g/mol. The van der Waals surface area contributed by atoms with Gasteiger partial charge in [-0.3, -0.25) is 0 Å². The van der Waals surface area contributed by atoms with E-state index in [1.165, 1.54) is 0 Å². The number of rotatable bonds is 6. The lowest BCUT2D eigenvalue weighted by molar-refractivity contribution is 0.636. The van der Waals surface area contributed by atoms with Crippen molar-refractivity contribution in [2.45, 2.75) is 0 Å². The highest BCUT2D eigenvalue weighted by atomic mass is 16.3. The molecule has 0 radical (unpaired) electrons. The third-order valence-corrected chi connectivity index (χ3v) is 10.3. The molecule has 0 unspecified atom stereocenters. The summed E-state index contributed by atoms with van der Waals surface area (Å²) in [6.45, 7) is 0. The summed E-state index contributed by atoms with van der Waals surface area (Å²) in [5.74, 6) is 0.448. The molecule has 55 heavy (non-hydrogen) atoms. The molecule has 0 aliphatic carbocycles. The highest BCUT2D eigenvalue weighted by Crippen LogP contribution is 2.48. The molecule has 0 fully saturated rings. The van der Waals surface area contributed by atoms with Crippen LogP contribution in [-0.4, -0.2) is 0 Å². The van der Waals surface area contributed by atoms with Crippen molar-refractivity contribution in [3.8, 4) is 33.6 Å². The Labute approximate surface area is 327 Å². The van der Waals surface area contributed by atoms with Crippen LogP contribution in [-0.2, 0) is 0 Å². The van der Waals surface area contributed by atoms with Gasteiger partial charge in [-0.05, 0) is 87.4 Å². The molecule has 2 heterocycles. The van der Waals surface area contributed by atoms with Crippen molar-refractivity contribution < 1.29 is 18.4 Å². The molecule has 0 aliphatic rings. The lowest BCUT2D eigenvalue weighted by atomic mass is 9.91. The van der Waals surface area contributed by atoms with Gasteiger partial charge < -0.3 is 13.7 Å². The van der Waals surface area contributed by atoms with E-state index in [2.05, 4.69) is 35.2 Å². The maximum Gasteiger partial charge on any atom is 0.143 e. The minimum Gasteiger partial charge on any atom is -0.456 e. The fraction of sp³-hybridized carbons (Fsp3) is 0. The zero-order valence-corrected chi connectivity index (χ0v) is 29.3. The lowest BCUT2D eigenvalue weighted by Gasteiger charge is -2.25. The van der Waals surface area contributed by atoms with E-state index in [4.69, 9.17) is 11.6 Å². The van der Waals surface area contributed by atoms with Crippen LogP contribution in [0.4, 0.5) is 17.1 Å². The molecule has 0 saturated carbocycles. The van der Waals surface area contributed by atoms with E-state index in [9.17, 15) is 6.85 Å². The monoisotopic (exact) mass is 710 g/mol. The average Bonchev–Trinajstić information content (AvgIpc) is 3.89. The van der Waals surface area contributed by atoms with E-state index in [0.717, 1.165) is 39.0 Å². The molecule has 0 atom stereocenters. The van der Waals surface area contributed by atoms with Crippen LogP contribution in [0.5, 0.6) is 0 Å². The van der Waals surface area contributed by atoms with Gasteiger partial charge >= 0.3 is 0 Å². The van der Waals surface area contributed by atoms with Crippen LogP contribution in [0.2, 0.25) is 0 Å². The minimum absolute atomic E-state index is 0.0601. The Morgan fingerprint density at radius 1 is 0.400 bits per heavy atom. The van der Waals surface area contributed by atoms with E-state index in [1.807, 2.05) is 121 Å². The molecule has 9 aromatic carbocycles. The lowest BCUT2D eigenvalue weighted by Crippen LogP contribution is -2.09. The van der Waals surface area contributed by atoms with Gasteiger partial charge in [-0.25, -0.2) is 0 Å². The van der Waals surface area contributed by atoms with Gasteiger partial charge in [0.25, 0.3) is 0 Å². The van der Waals surface area contributed by atoms with Gasteiger partial charge in [0, 0.05) is 55.8 Å². The molecule has 258 valence electrons. The Balaban J connectivity index is 1.18. The summed E-state index contributed by atoms with van der Waals surface area (Å²) in [6, 6.07) is 48.6. The summed E-state index contributed by atoms with van der Waals surface area (Å²) in [4.78, 5) is 2.16. The highest BCUT2D eigenvalue weighted by Gasteiger charge is 2.23. The molecule has 0 amide bonds. The largest absolute Gasteiger partial charge is 0.456 e. The molecule has 0 spiro atoms. The first kappa shape index (κ1) is 24.8. The quantitative estimate of drug-likeness (QED) is 0.161. The van der Waals surface area contributed by atoms with Crippen LogP contribution in [0, 0.1) is 0 Å². The first-order valence-electron chi connectivity index (χ1n) is 21.6. The zero-order chi connectivity index (χ0) is 42.4. The van der Waals surface area contributed by atoms with E-state index >= 15 is 0 Å². The second-order valence-electron chi connectivity index (χ2n) is 13.5. The van der Waals surface area contributed by atoms with E-state index in [-0.39, 0.29) is 62.9 Å². The fourth-order valence-electron chi connectivity index (χ4n) is 7.78. The summed E-state index contributed by atoms with van der Waals surface area (Å²) in [7, 11) is 0. The van der Waals surface area contributed by atoms with Crippen LogP contribution in [0.15, 0.2) is 209 Å². The zero-order valence-electron chi connectivity index (χ0n) is 36.3. The summed E-state index contributed by atoms with van der Waals surface area (Å²) in [5, 5.41) is 2.66. The van der Waals surface area contributed by atoms with Crippen molar-refractivity contribution in [2.75, 3.05) is 4.90 Å². The molecule has 11 rings (SSSR count). The summed E-state index contributed by atoms with van der Waals surface area (Å²) in [6.07, 6.45) is 0. The van der Waals surface area contributed by atoms with Gasteiger partial charge in [0.1, 0.15) is 22.5 Å². The van der Waals surface area contributed by atoms with Crippen LogP contribution < -0.4 is 4.90 Å². The number of furan rings is 2. The van der Waals surface area contributed by atoms with Crippen LogP contribution in [0.1, 0.15) is 9.60 Å². The summed E-state index contributed by atoms with van der Waals surface area (Å²) in [5.41, 5.74) is 6.91. The van der Waals surface area contributed by atoms with Crippen molar-refractivity contribution in [1.82, 2.24) is 0 Å². The molecular weight excluding hydrogens is 671 g/mol. The number of hydrogen-bond donors (Lipinski definition) is 0. The number of nitrogens with zero attached hydrogens (tertiary/aromatic N) is 1. The predicted octanol–water partition coefficient (Wildman–Crippen LogP) is 15.1. The predicted molar refractivity (Wildman–Crippen MR) is 229 cm³/mol. The third kappa shape index (κ3) is 5.13. The van der Waals surface area contributed by atoms with E-state index < -0.39 is 12.1 Å². The van der Waals surface area contributed by atoms with Crippen LogP contribution >= 0.6 is 0 Å². The smallest absolute Gasteiger partial charge is 0.143 e. The van der Waals surface area contributed by atoms with Gasteiger partial charge in [0.15, 0.2) is 0 Å². The first-order chi connectivity index (χ1) is 30.2. The Morgan fingerprint density at radius 3 is 1.69 bits per heavy atom. The minimum atomic E-state index is -0.468. The van der Waals surface area contributed by atoms with Crippen molar-refractivity contribution in [2.24, 2.45) is 0 Å². The summed E-state index contributed by atoms with van der Waals surface area (Å²) < 4.78 is 78.5. The van der Waals surface area contributed by atoms with Gasteiger partial charge in [0.05, 0.1) is 9.60 Å². The van der Waals surface area contributed by atoms with Gasteiger partial charge in [-0.2, -0.15) is 0 Å². The van der Waals surface area contributed by atoms with Crippen molar-refractivity contribution in [3.63, 3.8) is 0 Å². The normalized spacial score (nSPS) is 13.4.